The number of benzene rings is 2. The Hall–Kier alpha value is -3.58. The van der Waals surface area contributed by atoms with Crippen molar-refractivity contribution in [3.8, 4) is 11.8 Å². The molecular formula is C22H19N3O. The molecule has 0 fully saturated rings. The molecule has 1 aromatic heterocycles. The van der Waals surface area contributed by atoms with E-state index in [9.17, 15) is 10.1 Å². The number of rotatable bonds is 5. The number of carbonyl (C=O) groups excluding carboxylic acids is 1. The van der Waals surface area contributed by atoms with E-state index in [1.165, 1.54) is 0 Å². The molecule has 0 aliphatic rings. The van der Waals surface area contributed by atoms with Crippen LogP contribution in [0.3, 0.4) is 0 Å². The van der Waals surface area contributed by atoms with Crippen molar-refractivity contribution in [3.05, 3.63) is 95.3 Å². The second kappa shape index (κ2) is 8.00. The Morgan fingerprint density at radius 3 is 2.35 bits per heavy atom. The van der Waals surface area contributed by atoms with Crippen LogP contribution in [0.2, 0.25) is 0 Å². The van der Waals surface area contributed by atoms with Gasteiger partial charge in [0, 0.05) is 23.6 Å². The smallest absolute Gasteiger partial charge is 0.262 e. The molecule has 0 spiro atoms. The van der Waals surface area contributed by atoms with Gasteiger partial charge >= 0.3 is 0 Å². The second-order valence-electron chi connectivity index (χ2n) is 5.91. The second-order valence-corrected chi connectivity index (χ2v) is 5.91. The van der Waals surface area contributed by atoms with Gasteiger partial charge in [0.15, 0.2) is 0 Å². The van der Waals surface area contributed by atoms with E-state index < -0.39 is 0 Å². The molecule has 1 heterocycles. The third kappa shape index (κ3) is 3.90. The minimum absolute atomic E-state index is 0.0798. The van der Waals surface area contributed by atoms with Gasteiger partial charge in [0.1, 0.15) is 11.6 Å². The summed E-state index contributed by atoms with van der Waals surface area (Å²) in [6, 6.07) is 25.4. The zero-order chi connectivity index (χ0) is 18.4. The average Bonchev–Trinajstić information content (AvgIpc) is 3.05. The average molecular weight is 341 g/mol. The van der Waals surface area contributed by atoms with Crippen molar-refractivity contribution in [1.29, 1.82) is 5.26 Å². The number of amides is 1. The van der Waals surface area contributed by atoms with Crippen LogP contribution >= 0.6 is 0 Å². The van der Waals surface area contributed by atoms with E-state index >= 15 is 0 Å². The van der Waals surface area contributed by atoms with Crippen LogP contribution in [0.5, 0.6) is 0 Å². The molecule has 0 radical (unpaired) electrons. The molecule has 1 amide bonds. The Balaban J connectivity index is 1.84. The Morgan fingerprint density at radius 2 is 1.69 bits per heavy atom. The summed E-state index contributed by atoms with van der Waals surface area (Å²) in [5.74, 6) is -0.380. The summed E-state index contributed by atoms with van der Waals surface area (Å²) in [5, 5.41) is 12.2. The van der Waals surface area contributed by atoms with Gasteiger partial charge in [-0.1, -0.05) is 48.5 Å². The van der Waals surface area contributed by atoms with Crippen LogP contribution in [-0.2, 0) is 11.3 Å². The molecule has 3 aromatic rings. The van der Waals surface area contributed by atoms with E-state index in [-0.39, 0.29) is 11.5 Å². The first kappa shape index (κ1) is 17.2. The number of aryl methyl sites for hydroxylation is 1. The number of para-hydroxylation sites is 1. The maximum atomic E-state index is 12.4. The fourth-order valence-corrected chi connectivity index (χ4v) is 2.77. The van der Waals surface area contributed by atoms with Crippen LogP contribution in [0.15, 0.2) is 78.4 Å². The third-order valence-corrected chi connectivity index (χ3v) is 4.07. The molecule has 4 heteroatoms. The Kier molecular flexibility index (Phi) is 5.31. The van der Waals surface area contributed by atoms with Crippen molar-refractivity contribution < 1.29 is 4.79 Å². The molecule has 0 aliphatic heterocycles. The first-order chi connectivity index (χ1) is 12.7. The highest BCUT2D eigenvalue weighted by molar-refractivity contribution is 6.01. The monoisotopic (exact) mass is 341 g/mol. The molecule has 1 N–H and O–H groups in total. The highest BCUT2D eigenvalue weighted by atomic mass is 16.1. The first-order valence-electron chi connectivity index (χ1n) is 8.37. The van der Waals surface area contributed by atoms with E-state index in [2.05, 4.69) is 5.32 Å². The van der Waals surface area contributed by atoms with E-state index in [1.54, 1.807) is 6.08 Å². The lowest BCUT2D eigenvalue weighted by Crippen LogP contribution is -2.24. The van der Waals surface area contributed by atoms with E-state index in [4.69, 9.17) is 0 Å². The highest BCUT2D eigenvalue weighted by Crippen LogP contribution is 2.19. The quantitative estimate of drug-likeness (QED) is 0.563. The maximum absolute atomic E-state index is 12.4. The van der Waals surface area contributed by atoms with E-state index in [1.807, 2.05) is 90.4 Å². The van der Waals surface area contributed by atoms with Gasteiger partial charge in [-0.05, 0) is 42.8 Å². The van der Waals surface area contributed by atoms with Crippen LogP contribution in [0.1, 0.15) is 17.0 Å². The minimum Gasteiger partial charge on any atom is -0.347 e. The third-order valence-electron chi connectivity index (χ3n) is 4.07. The lowest BCUT2D eigenvalue weighted by atomic mass is 10.2. The standard InChI is InChI=1S/C22H19N3O/c1-17-12-13-21(25(17)20-10-6-3-7-11-20)14-19(15-23)22(26)24-16-18-8-4-2-5-9-18/h2-14H,16H2,1H3,(H,24,26)/b19-14-. The largest absolute Gasteiger partial charge is 0.347 e. The Labute approximate surface area is 153 Å². The lowest BCUT2D eigenvalue weighted by Gasteiger charge is -2.10. The van der Waals surface area contributed by atoms with Gasteiger partial charge in [0.25, 0.3) is 5.91 Å². The van der Waals surface area contributed by atoms with Gasteiger partial charge in [-0.2, -0.15) is 5.26 Å². The number of aromatic nitrogens is 1. The molecule has 26 heavy (non-hydrogen) atoms. The summed E-state index contributed by atoms with van der Waals surface area (Å²) in [7, 11) is 0. The Bertz CT molecular complexity index is 964. The van der Waals surface area contributed by atoms with Crippen molar-refractivity contribution in [3.63, 3.8) is 0 Å². The van der Waals surface area contributed by atoms with Crippen LogP contribution < -0.4 is 5.32 Å². The van der Waals surface area contributed by atoms with Gasteiger partial charge in [-0.25, -0.2) is 0 Å². The van der Waals surface area contributed by atoms with Crippen LogP contribution in [0, 0.1) is 18.3 Å². The number of nitriles is 1. The minimum atomic E-state index is -0.380. The molecule has 0 aliphatic carbocycles. The van der Waals surface area contributed by atoms with E-state index in [0.29, 0.717) is 6.54 Å². The normalized spacial score (nSPS) is 11.0. The molecule has 0 atom stereocenters. The number of carbonyl (C=O) groups is 1. The van der Waals surface area contributed by atoms with Gasteiger partial charge in [-0.3, -0.25) is 4.79 Å². The van der Waals surface area contributed by atoms with Crippen molar-refractivity contribution >= 4 is 12.0 Å². The van der Waals surface area contributed by atoms with E-state index in [0.717, 1.165) is 22.6 Å². The molecule has 2 aromatic carbocycles. The first-order valence-corrected chi connectivity index (χ1v) is 8.37. The maximum Gasteiger partial charge on any atom is 0.262 e. The highest BCUT2D eigenvalue weighted by Gasteiger charge is 2.12. The van der Waals surface area contributed by atoms with Crippen molar-refractivity contribution in [1.82, 2.24) is 9.88 Å². The fourth-order valence-electron chi connectivity index (χ4n) is 2.77. The fraction of sp³-hybridized carbons (Fsp3) is 0.0909. The molecule has 128 valence electrons. The SMILES string of the molecule is Cc1ccc(/C=C(/C#N)C(=O)NCc2ccccc2)n1-c1ccccc1. The van der Waals surface area contributed by atoms with Crippen LogP contribution in [0.25, 0.3) is 11.8 Å². The number of nitrogens with zero attached hydrogens (tertiary/aromatic N) is 2. The zero-order valence-corrected chi connectivity index (χ0v) is 14.5. The molecule has 0 bridgehead atoms. The molecule has 4 nitrogen and oxygen atoms in total. The van der Waals surface area contributed by atoms with Crippen LogP contribution in [-0.4, -0.2) is 10.5 Å². The van der Waals surface area contributed by atoms with Gasteiger partial charge < -0.3 is 9.88 Å². The molecule has 0 saturated heterocycles. The summed E-state index contributed by atoms with van der Waals surface area (Å²) in [6.45, 7) is 2.38. The van der Waals surface area contributed by atoms with Crippen molar-refractivity contribution in [2.75, 3.05) is 0 Å². The van der Waals surface area contributed by atoms with Crippen LogP contribution in [0.4, 0.5) is 0 Å². The van der Waals surface area contributed by atoms with Gasteiger partial charge in [0.05, 0.1) is 0 Å². The van der Waals surface area contributed by atoms with Gasteiger partial charge in [0.2, 0.25) is 0 Å². The molecular weight excluding hydrogens is 322 g/mol. The lowest BCUT2D eigenvalue weighted by molar-refractivity contribution is -0.117. The summed E-state index contributed by atoms with van der Waals surface area (Å²) in [4.78, 5) is 12.4. The molecule has 0 saturated carbocycles. The number of hydrogen-bond acceptors (Lipinski definition) is 2. The topological polar surface area (TPSA) is 57.8 Å². The predicted molar refractivity (Wildman–Crippen MR) is 102 cm³/mol. The molecule has 3 rings (SSSR count). The molecule has 0 unspecified atom stereocenters. The summed E-state index contributed by atoms with van der Waals surface area (Å²) in [5.41, 5.74) is 3.88. The summed E-state index contributed by atoms with van der Waals surface area (Å²) in [6.07, 6.45) is 1.63. The zero-order valence-electron chi connectivity index (χ0n) is 14.5. The van der Waals surface area contributed by atoms with Crippen molar-refractivity contribution in [2.24, 2.45) is 0 Å². The van der Waals surface area contributed by atoms with Gasteiger partial charge in [-0.15, -0.1) is 0 Å². The number of nitrogens with one attached hydrogen (secondary N) is 1. The van der Waals surface area contributed by atoms with Crippen molar-refractivity contribution in [2.45, 2.75) is 13.5 Å². The summed E-state index contributed by atoms with van der Waals surface area (Å²) >= 11 is 0. The summed E-state index contributed by atoms with van der Waals surface area (Å²) < 4.78 is 2.02. The predicted octanol–water partition coefficient (Wildman–Crippen LogP) is 4.01. The number of hydrogen-bond donors (Lipinski definition) is 1. The Morgan fingerprint density at radius 1 is 1.04 bits per heavy atom.